The van der Waals surface area contributed by atoms with Crippen molar-refractivity contribution in [3.05, 3.63) is 12.2 Å². The van der Waals surface area contributed by atoms with Gasteiger partial charge in [0.25, 0.3) is 0 Å². The second kappa shape index (κ2) is 36.7. The molecular weight excluding hydrogens is 1390 g/mol. The van der Waals surface area contributed by atoms with Gasteiger partial charge in [-0.15, -0.1) is 0 Å². The first-order valence-electron chi connectivity index (χ1n) is 39.5. The highest BCUT2D eigenvalue weighted by atomic mass is 19.4. The summed E-state index contributed by atoms with van der Waals surface area (Å²) in [7, 11) is 12.9. The summed E-state index contributed by atoms with van der Waals surface area (Å²) in [5.41, 5.74) is -2.17. The fraction of sp³-hybridized carbons (Fsp3) is 0.821. The molecular formula is C78H125F3N12O14. The summed E-state index contributed by atoms with van der Waals surface area (Å²) in [6.07, 6.45) is 5.52. The molecule has 5 saturated carbocycles. The molecule has 8 aliphatic rings. The lowest BCUT2D eigenvalue weighted by molar-refractivity contribution is -0.215. The van der Waals surface area contributed by atoms with Gasteiger partial charge in [-0.3, -0.25) is 57.5 Å². The number of hydrogen-bond acceptors (Lipinski definition) is 14. The fourth-order valence-corrected chi connectivity index (χ4v) is 18.2. The van der Waals surface area contributed by atoms with Crippen molar-refractivity contribution in [3.8, 4) is 0 Å². The van der Waals surface area contributed by atoms with Crippen LogP contribution in [0.5, 0.6) is 0 Å². The van der Waals surface area contributed by atoms with Gasteiger partial charge >= 0.3 is 6.18 Å². The second-order valence-electron chi connectivity index (χ2n) is 33.9. The average molecular weight is 1510 g/mol. The Morgan fingerprint density at radius 1 is 0.664 bits per heavy atom. The third-order valence-electron chi connectivity index (χ3n) is 25.0. The van der Waals surface area contributed by atoms with Gasteiger partial charge in [-0.05, 0) is 131 Å². The Labute approximate surface area is 631 Å². The summed E-state index contributed by atoms with van der Waals surface area (Å²) in [4.78, 5) is 194. The number of nitrogens with zero attached hydrogens (tertiary/aromatic N) is 9. The van der Waals surface area contributed by atoms with E-state index in [4.69, 9.17) is 9.47 Å². The molecule has 26 nitrogen and oxygen atoms in total. The molecule has 3 aliphatic heterocycles. The number of alkyl halides is 3. The van der Waals surface area contributed by atoms with Gasteiger partial charge in [0.15, 0.2) is 0 Å². The van der Waals surface area contributed by atoms with Crippen LogP contribution in [-0.2, 0) is 67.0 Å². The molecule has 0 aromatic heterocycles. The highest BCUT2D eigenvalue weighted by molar-refractivity contribution is 6.01. The van der Waals surface area contributed by atoms with E-state index in [2.05, 4.69) is 22.9 Å². The smallest absolute Gasteiger partial charge is 0.381 e. The molecule has 0 aromatic rings. The molecule has 3 unspecified atom stereocenters. The molecule has 602 valence electrons. The van der Waals surface area contributed by atoms with E-state index in [9.17, 15) is 37.1 Å². The topological polar surface area (TPSA) is 289 Å². The number of halogens is 3. The van der Waals surface area contributed by atoms with Gasteiger partial charge in [-0.1, -0.05) is 105 Å². The van der Waals surface area contributed by atoms with E-state index in [1.54, 1.807) is 19.9 Å². The molecule has 3 N–H and O–H groups in total. The molecule has 0 radical (unpaired) electrons. The van der Waals surface area contributed by atoms with Crippen molar-refractivity contribution in [3.63, 3.8) is 0 Å². The van der Waals surface area contributed by atoms with Gasteiger partial charge in [-0.2, -0.15) is 13.2 Å². The van der Waals surface area contributed by atoms with Crippen molar-refractivity contribution >= 4 is 70.9 Å². The molecule has 12 amide bonds. The third-order valence-corrected chi connectivity index (χ3v) is 25.0. The van der Waals surface area contributed by atoms with Gasteiger partial charge < -0.3 is 69.5 Å². The van der Waals surface area contributed by atoms with Gasteiger partial charge in [0.05, 0.1) is 37.6 Å². The molecule has 13 atom stereocenters. The third kappa shape index (κ3) is 21.0. The maximum Gasteiger partial charge on any atom is 0.394 e. The van der Waals surface area contributed by atoms with E-state index in [1.807, 2.05) is 26.8 Å². The number of rotatable bonds is 14. The van der Waals surface area contributed by atoms with Crippen LogP contribution in [0.25, 0.3) is 0 Å². The number of hydrogen-bond donors (Lipinski definition) is 3. The number of amides is 12. The molecule has 5 aliphatic carbocycles. The van der Waals surface area contributed by atoms with Crippen LogP contribution in [0, 0.1) is 46.8 Å². The normalized spacial score (nSPS) is 32.4. The van der Waals surface area contributed by atoms with Crippen molar-refractivity contribution in [2.24, 2.45) is 46.8 Å². The molecule has 29 heteroatoms. The van der Waals surface area contributed by atoms with Crippen LogP contribution in [0.3, 0.4) is 0 Å². The number of methoxy groups -OCH3 is 1. The van der Waals surface area contributed by atoms with Crippen LogP contribution < -0.4 is 16.0 Å². The average Bonchev–Trinajstić information content (AvgIpc) is 1.59. The second-order valence-corrected chi connectivity index (χ2v) is 33.9. The quantitative estimate of drug-likeness (QED) is 0.170. The monoisotopic (exact) mass is 1510 g/mol. The van der Waals surface area contributed by atoms with Crippen molar-refractivity contribution in [2.75, 3.05) is 96.3 Å². The highest BCUT2D eigenvalue weighted by Gasteiger charge is 2.60. The minimum absolute atomic E-state index is 0.00354. The van der Waals surface area contributed by atoms with Crippen molar-refractivity contribution in [2.45, 2.75) is 268 Å². The minimum atomic E-state index is -4.52. The van der Waals surface area contributed by atoms with Crippen molar-refractivity contribution < 1.29 is 80.2 Å². The Balaban J connectivity index is 1.20. The van der Waals surface area contributed by atoms with E-state index in [-0.39, 0.29) is 108 Å². The molecule has 1 spiro atoms. The predicted octanol–water partition coefficient (Wildman–Crippen LogP) is 5.93. The molecule has 107 heavy (non-hydrogen) atoms. The lowest BCUT2D eigenvalue weighted by atomic mass is 9.58. The van der Waals surface area contributed by atoms with Crippen LogP contribution in [0.1, 0.15) is 196 Å². The zero-order valence-corrected chi connectivity index (χ0v) is 66.4. The van der Waals surface area contributed by atoms with Crippen LogP contribution in [0.2, 0.25) is 0 Å². The SMILES string of the molecule is CCO[C@@H]1C[C@H]2C(=O)NC3(CC(C)(C)C3)C(=O)N(C)[C@@H](C3CCCC3)C(=O)N(C)[C@H](C(=O)N(C)C)CC(=O)N(C)[C@@H](CC3CC3)C(=O)N[C@@H]([C@@H](C)CC)C(=O)N(C)CC(=O)N(C)[C@H]3C/C=C\CCN(C3=O)[C@@H](CC3CCC(C)CC3)C(=O)N(C)CC(=O)N[C@@H](CCC3CCC(C(F)(F)F)C(OC)C3)C(=O)N2C1. The number of carbonyl (C=O) groups excluding carboxylic acids is 12. The Morgan fingerprint density at radius 3 is 1.87 bits per heavy atom. The molecule has 2 saturated heterocycles. The van der Waals surface area contributed by atoms with Crippen molar-refractivity contribution in [1.82, 2.24) is 60.0 Å². The fourth-order valence-electron chi connectivity index (χ4n) is 18.2. The van der Waals surface area contributed by atoms with Crippen LogP contribution in [-0.4, -0.2) is 284 Å². The molecule has 3 heterocycles. The highest BCUT2D eigenvalue weighted by Crippen LogP contribution is 2.50. The van der Waals surface area contributed by atoms with Crippen LogP contribution in [0.15, 0.2) is 12.2 Å². The van der Waals surface area contributed by atoms with Crippen molar-refractivity contribution in [1.29, 1.82) is 0 Å². The standard InChI is InChI=1S/C78H125F3N12O14/c1-16-48(4)65-73(103)87(10)44-64(96)88(11)56-25-19-18-22-36-92(72(56)102)60(38-49-28-26-47(3)27-29-49)71(101)86(9)43-62(94)82-55(35-33-51-32-34-54(78(79,80)81)61(39-51)106-15)69(99)93-42-53(107-17-2)40-58(93)68(98)84-77(45-76(5,6)46-77)75(105)91(14)66(52-23-20-21-24-52)74(104)90(13)59(70(100)85(7)8)41-63(95)89(12)57(67(97)83-65)37-50-30-31-50/h18-19,47-61,65-66H,16-17,20-46H2,1-15H3,(H,82,94)(H,83,97)(H,84,98)/b19-18-/t47?,48-,49?,51?,53+,54?,55-,56-,57-,58-,59-,60-,61?,65-,66-/m0/s1. The van der Waals surface area contributed by atoms with Crippen LogP contribution in [0.4, 0.5) is 13.2 Å². The Hall–Kier alpha value is -6.91. The van der Waals surface area contributed by atoms with E-state index in [0.29, 0.717) is 31.6 Å². The molecule has 0 aromatic carbocycles. The lowest BCUT2D eigenvalue weighted by Gasteiger charge is -2.54. The maximum atomic E-state index is 15.8. The number of carbonyl (C=O) groups is 12. The summed E-state index contributed by atoms with van der Waals surface area (Å²) < 4.78 is 54.6. The first-order chi connectivity index (χ1) is 50.3. The predicted molar refractivity (Wildman–Crippen MR) is 393 cm³/mol. The van der Waals surface area contributed by atoms with Gasteiger partial charge in [0.2, 0.25) is 70.9 Å². The maximum absolute atomic E-state index is 15.8. The Morgan fingerprint density at radius 2 is 1.28 bits per heavy atom. The molecule has 7 fully saturated rings. The number of fused-ring (bicyclic) bond motifs is 3. The Kier molecular flexibility index (Phi) is 29.4. The molecule has 8 rings (SSSR count). The van der Waals surface area contributed by atoms with Gasteiger partial charge in [0, 0.05) is 89.6 Å². The van der Waals surface area contributed by atoms with E-state index in [0.717, 1.165) is 51.4 Å². The zero-order chi connectivity index (χ0) is 78.9. The van der Waals surface area contributed by atoms with E-state index >= 15 is 33.6 Å². The lowest BCUT2D eigenvalue weighted by Crippen LogP contribution is -2.71. The zero-order valence-electron chi connectivity index (χ0n) is 66.4. The number of nitrogens with one attached hydrogen (secondary N) is 3. The first kappa shape index (κ1) is 85.7. The van der Waals surface area contributed by atoms with E-state index < -0.39 is 186 Å². The number of likely N-dealkylation sites (N-methyl/N-ethyl adjacent to an activating group) is 7. The molecule has 2 bridgehead atoms. The summed E-state index contributed by atoms with van der Waals surface area (Å²) in [5.74, 6) is -10.2. The van der Waals surface area contributed by atoms with Gasteiger partial charge in [-0.25, -0.2) is 0 Å². The number of ether oxygens (including phenoxy) is 2. The first-order valence-corrected chi connectivity index (χ1v) is 39.5. The summed E-state index contributed by atoms with van der Waals surface area (Å²) in [6, 6.07) is -10.0. The largest absolute Gasteiger partial charge is 0.394 e. The van der Waals surface area contributed by atoms with Gasteiger partial charge in [0.1, 0.15) is 53.9 Å². The summed E-state index contributed by atoms with van der Waals surface area (Å²) >= 11 is 0. The van der Waals surface area contributed by atoms with E-state index in [1.165, 1.54) is 108 Å². The van der Waals surface area contributed by atoms with Crippen LogP contribution >= 0.6 is 0 Å². The summed E-state index contributed by atoms with van der Waals surface area (Å²) in [6.45, 7) is 10.4. The summed E-state index contributed by atoms with van der Waals surface area (Å²) in [5, 5.41) is 8.94. The minimum Gasteiger partial charge on any atom is -0.381 e. The Bertz CT molecular complexity index is 3220.